The van der Waals surface area contributed by atoms with E-state index >= 15 is 0 Å². The topological polar surface area (TPSA) is 78.0 Å². The Hall–Kier alpha value is -3.48. The molecule has 7 heteroatoms. The summed E-state index contributed by atoms with van der Waals surface area (Å²) in [6, 6.07) is 13.9. The number of imide groups is 1. The predicted molar refractivity (Wildman–Crippen MR) is 122 cm³/mol. The molecule has 2 aromatic rings. The van der Waals surface area contributed by atoms with Gasteiger partial charge in [0.2, 0.25) is 0 Å². The summed E-state index contributed by atoms with van der Waals surface area (Å²) < 4.78 is 0. The molecular formula is C26H27N3O4. The Kier molecular flexibility index (Phi) is 5.70. The van der Waals surface area contributed by atoms with Gasteiger partial charge in [-0.3, -0.25) is 24.1 Å². The molecule has 1 saturated heterocycles. The molecule has 0 N–H and O–H groups in total. The fourth-order valence-corrected chi connectivity index (χ4v) is 5.12. The number of benzene rings is 2. The second kappa shape index (κ2) is 8.81. The van der Waals surface area contributed by atoms with Crippen molar-refractivity contribution >= 4 is 23.6 Å². The highest BCUT2D eigenvalue weighted by Crippen LogP contribution is 2.31. The van der Waals surface area contributed by atoms with Gasteiger partial charge in [-0.25, -0.2) is 0 Å². The van der Waals surface area contributed by atoms with E-state index in [0.29, 0.717) is 48.4 Å². The van der Waals surface area contributed by atoms with E-state index in [1.54, 1.807) is 40.1 Å². The van der Waals surface area contributed by atoms with Crippen LogP contribution in [-0.2, 0) is 0 Å². The van der Waals surface area contributed by atoms with Crippen LogP contribution in [0.3, 0.4) is 0 Å². The summed E-state index contributed by atoms with van der Waals surface area (Å²) >= 11 is 0. The molecule has 170 valence electrons. The van der Waals surface area contributed by atoms with E-state index in [2.05, 4.69) is 0 Å². The molecule has 0 unspecified atom stereocenters. The molecule has 2 fully saturated rings. The summed E-state index contributed by atoms with van der Waals surface area (Å²) in [5.74, 6) is -0.739. The minimum Gasteiger partial charge on any atom is -0.335 e. The smallest absolute Gasteiger partial charge is 0.261 e. The molecule has 3 aliphatic rings. The number of piperazine rings is 1. The van der Waals surface area contributed by atoms with Crippen LogP contribution in [0.15, 0.2) is 48.5 Å². The molecule has 0 spiro atoms. The molecule has 5 rings (SSSR count). The van der Waals surface area contributed by atoms with Gasteiger partial charge in [0.15, 0.2) is 0 Å². The van der Waals surface area contributed by atoms with Crippen LogP contribution in [0.5, 0.6) is 0 Å². The van der Waals surface area contributed by atoms with E-state index < -0.39 is 0 Å². The van der Waals surface area contributed by atoms with Crippen molar-refractivity contribution in [3.05, 3.63) is 70.8 Å². The number of nitrogens with zero attached hydrogens (tertiary/aromatic N) is 3. The molecule has 1 saturated carbocycles. The highest BCUT2D eigenvalue weighted by Gasteiger charge is 2.40. The lowest BCUT2D eigenvalue weighted by Crippen LogP contribution is -2.50. The van der Waals surface area contributed by atoms with Gasteiger partial charge in [-0.05, 0) is 43.2 Å². The largest absolute Gasteiger partial charge is 0.335 e. The van der Waals surface area contributed by atoms with Gasteiger partial charge in [-0.15, -0.1) is 0 Å². The van der Waals surface area contributed by atoms with Crippen LogP contribution in [0.25, 0.3) is 0 Å². The van der Waals surface area contributed by atoms with Gasteiger partial charge >= 0.3 is 0 Å². The van der Waals surface area contributed by atoms with Gasteiger partial charge in [0.25, 0.3) is 23.6 Å². The molecule has 0 bridgehead atoms. The molecule has 2 heterocycles. The molecule has 2 aromatic carbocycles. The predicted octanol–water partition coefficient (Wildman–Crippen LogP) is 3.21. The lowest BCUT2D eigenvalue weighted by molar-refractivity contribution is 0.0535. The Balaban J connectivity index is 1.27. The molecule has 4 amide bonds. The van der Waals surface area contributed by atoms with Crippen LogP contribution in [-0.4, -0.2) is 70.5 Å². The number of fused-ring (bicyclic) bond motifs is 1. The standard InChI is InChI=1S/C26H27N3O4/c30-23(18-7-3-1-4-8-18)27-13-15-28(16-14-27)24(31)19-11-12-21-22(17-19)26(33)29(25(21)32)20-9-5-2-6-10-20/h1,3-4,7-8,11-12,17,20H,2,5-6,9-10,13-16H2. The van der Waals surface area contributed by atoms with E-state index in [0.717, 1.165) is 32.1 Å². The Bertz CT molecular complexity index is 1100. The normalized spacial score (nSPS) is 19.1. The third-order valence-corrected chi connectivity index (χ3v) is 6.98. The number of amides is 4. The summed E-state index contributed by atoms with van der Waals surface area (Å²) in [5.41, 5.74) is 1.76. The van der Waals surface area contributed by atoms with Crippen molar-refractivity contribution in [2.24, 2.45) is 0 Å². The first-order valence-electron chi connectivity index (χ1n) is 11.7. The van der Waals surface area contributed by atoms with Gasteiger partial charge in [0.1, 0.15) is 0 Å². The van der Waals surface area contributed by atoms with Crippen LogP contribution in [0.2, 0.25) is 0 Å². The third kappa shape index (κ3) is 3.92. The van der Waals surface area contributed by atoms with Crippen molar-refractivity contribution in [1.82, 2.24) is 14.7 Å². The molecule has 2 aliphatic heterocycles. The number of hydrogen-bond acceptors (Lipinski definition) is 4. The van der Waals surface area contributed by atoms with Gasteiger partial charge < -0.3 is 9.80 Å². The van der Waals surface area contributed by atoms with Crippen molar-refractivity contribution in [2.75, 3.05) is 26.2 Å². The maximum absolute atomic E-state index is 13.1. The quantitative estimate of drug-likeness (QED) is 0.680. The van der Waals surface area contributed by atoms with Crippen LogP contribution in [0.4, 0.5) is 0 Å². The van der Waals surface area contributed by atoms with Crippen molar-refractivity contribution in [3.63, 3.8) is 0 Å². The van der Waals surface area contributed by atoms with Crippen LogP contribution in [0, 0.1) is 0 Å². The minimum atomic E-state index is -0.283. The van der Waals surface area contributed by atoms with E-state index in [1.807, 2.05) is 18.2 Å². The average molecular weight is 446 g/mol. The van der Waals surface area contributed by atoms with Gasteiger partial charge in [-0.1, -0.05) is 37.5 Å². The summed E-state index contributed by atoms with van der Waals surface area (Å²) in [5, 5.41) is 0. The minimum absolute atomic E-state index is 0.0351. The summed E-state index contributed by atoms with van der Waals surface area (Å²) in [7, 11) is 0. The fourth-order valence-electron chi connectivity index (χ4n) is 5.12. The van der Waals surface area contributed by atoms with Crippen molar-refractivity contribution in [1.29, 1.82) is 0 Å². The molecule has 33 heavy (non-hydrogen) atoms. The van der Waals surface area contributed by atoms with Gasteiger partial charge in [0.05, 0.1) is 11.1 Å². The van der Waals surface area contributed by atoms with E-state index in [9.17, 15) is 19.2 Å². The maximum Gasteiger partial charge on any atom is 0.261 e. The number of carbonyl (C=O) groups is 4. The highest BCUT2D eigenvalue weighted by molar-refractivity contribution is 6.22. The third-order valence-electron chi connectivity index (χ3n) is 6.98. The zero-order valence-electron chi connectivity index (χ0n) is 18.5. The van der Waals surface area contributed by atoms with Gasteiger partial charge in [-0.2, -0.15) is 0 Å². The maximum atomic E-state index is 13.1. The van der Waals surface area contributed by atoms with Crippen LogP contribution in [0.1, 0.15) is 73.5 Å². The Morgan fingerprint density at radius 3 is 1.88 bits per heavy atom. The Morgan fingerprint density at radius 2 is 1.24 bits per heavy atom. The Morgan fingerprint density at radius 1 is 0.667 bits per heavy atom. The van der Waals surface area contributed by atoms with Crippen molar-refractivity contribution in [2.45, 2.75) is 38.1 Å². The first-order valence-corrected chi connectivity index (χ1v) is 11.7. The summed E-state index contributed by atoms with van der Waals surface area (Å²) in [6.07, 6.45) is 4.90. The zero-order valence-corrected chi connectivity index (χ0v) is 18.5. The van der Waals surface area contributed by atoms with Crippen LogP contribution >= 0.6 is 0 Å². The second-order valence-corrected chi connectivity index (χ2v) is 8.98. The molecule has 0 aromatic heterocycles. The first-order chi connectivity index (χ1) is 16.0. The molecule has 0 atom stereocenters. The number of carbonyl (C=O) groups excluding carboxylic acids is 4. The summed E-state index contributed by atoms with van der Waals surface area (Å²) in [4.78, 5) is 56.6. The first kappa shape index (κ1) is 21.4. The zero-order chi connectivity index (χ0) is 22.9. The van der Waals surface area contributed by atoms with Crippen LogP contribution < -0.4 is 0 Å². The lowest BCUT2D eigenvalue weighted by Gasteiger charge is -2.35. The van der Waals surface area contributed by atoms with E-state index in [4.69, 9.17) is 0 Å². The summed E-state index contributed by atoms with van der Waals surface area (Å²) in [6.45, 7) is 1.76. The SMILES string of the molecule is O=C(c1ccccc1)N1CCN(C(=O)c2ccc3c(c2)C(=O)N(C2CCCCC2)C3=O)CC1. The van der Waals surface area contributed by atoms with Crippen molar-refractivity contribution < 1.29 is 19.2 Å². The van der Waals surface area contributed by atoms with Gasteiger partial charge in [0, 0.05) is 43.3 Å². The van der Waals surface area contributed by atoms with E-state index in [1.165, 1.54) is 4.90 Å². The number of hydrogen-bond donors (Lipinski definition) is 0. The molecule has 7 nitrogen and oxygen atoms in total. The van der Waals surface area contributed by atoms with Crippen molar-refractivity contribution in [3.8, 4) is 0 Å². The monoisotopic (exact) mass is 445 g/mol. The highest BCUT2D eigenvalue weighted by atomic mass is 16.2. The number of rotatable bonds is 3. The molecule has 0 radical (unpaired) electrons. The average Bonchev–Trinajstić information content (AvgIpc) is 3.13. The molecular weight excluding hydrogens is 418 g/mol. The fraction of sp³-hybridized carbons (Fsp3) is 0.385. The molecule has 1 aliphatic carbocycles. The lowest BCUT2D eigenvalue weighted by atomic mass is 9.94. The Labute approximate surface area is 193 Å². The van der Waals surface area contributed by atoms with E-state index in [-0.39, 0.29) is 29.7 Å². The second-order valence-electron chi connectivity index (χ2n) is 8.98.